The molecule has 148 valence electrons. The molecular formula is C18H22F2N8. The third-order valence-electron chi connectivity index (χ3n) is 5.00. The van der Waals surface area contributed by atoms with Crippen molar-refractivity contribution in [3.05, 3.63) is 42.6 Å². The molecule has 0 bridgehead atoms. The summed E-state index contributed by atoms with van der Waals surface area (Å²) in [5, 5.41) is 8.09. The molecular weight excluding hydrogens is 366 g/mol. The van der Waals surface area contributed by atoms with Crippen LogP contribution in [0.5, 0.6) is 0 Å². The molecule has 10 heteroatoms. The van der Waals surface area contributed by atoms with E-state index in [0.717, 1.165) is 43.0 Å². The summed E-state index contributed by atoms with van der Waals surface area (Å²) in [5.41, 5.74) is 1.85. The molecule has 0 amide bonds. The van der Waals surface area contributed by atoms with E-state index in [1.165, 1.54) is 11.0 Å². The monoisotopic (exact) mass is 388 g/mol. The van der Waals surface area contributed by atoms with Crippen molar-refractivity contribution in [2.45, 2.75) is 38.3 Å². The lowest BCUT2D eigenvalue weighted by Gasteiger charge is -2.30. The molecule has 28 heavy (non-hydrogen) atoms. The van der Waals surface area contributed by atoms with Crippen molar-refractivity contribution in [3.63, 3.8) is 0 Å². The summed E-state index contributed by atoms with van der Waals surface area (Å²) in [6, 6.07) is 1.89. The molecule has 0 radical (unpaired) electrons. The Balaban J connectivity index is 1.38. The normalized spacial score (nSPS) is 16.1. The molecule has 3 aromatic heterocycles. The molecule has 4 rings (SSSR count). The fourth-order valence-corrected chi connectivity index (χ4v) is 3.53. The number of aromatic nitrogens is 7. The van der Waals surface area contributed by atoms with Gasteiger partial charge in [-0.3, -0.25) is 9.58 Å². The number of likely N-dealkylation sites (tertiary alicyclic amines) is 1. The van der Waals surface area contributed by atoms with Crippen molar-refractivity contribution in [1.82, 2.24) is 39.4 Å². The molecule has 3 aromatic rings. The summed E-state index contributed by atoms with van der Waals surface area (Å²) in [7, 11) is 1.88. The van der Waals surface area contributed by atoms with Gasteiger partial charge in [-0.25, -0.2) is 28.4 Å². The average molecular weight is 388 g/mol. The largest absolute Gasteiger partial charge is 0.296 e. The van der Waals surface area contributed by atoms with Gasteiger partial charge >= 0.3 is 0 Å². The van der Waals surface area contributed by atoms with Crippen molar-refractivity contribution < 1.29 is 8.78 Å². The van der Waals surface area contributed by atoms with Crippen molar-refractivity contribution >= 4 is 0 Å². The first-order valence-corrected chi connectivity index (χ1v) is 9.27. The van der Waals surface area contributed by atoms with Crippen LogP contribution in [0.25, 0.3) is 11.3 Å². The van der Waals surface area contributed by atoms with Crippen LogP contribution in [0.1, 0.15) is 30.4 Å². The van der Waals surface area contributed by atoms with Crippen LogP contribution in [0.4, 0.5) is 8.78 Å². The number of aryl methyl sites for hydroxylation is 1. The van der Waals surface area contributed by atoms with E-state index in [1.54, 1.807) is 17.1 Å². The van der Waals surface area contributed by atoms with Crippen LogP contribution in [-0.2, 0) is 20.1 Å². The first-order chi connectivity index (χ1) is 13.6. The van der Waals surface area contributed by atoms with Crippen molar-refractivity contribution in [2.75, 3.05) is 13.1 Å². The van der Waals surface area contributed by atoms with E-state index in [-0.39, 0.29) is 5.92 Å². The lowest BCUT2D eigenvalue weighted by atomic mass is 9.95. The minimum atomic E-state index is -2.43. The SMILES string of the molecule is Cn1cc(-c2ccnc(C3CCN(Cc4ncnn4CC(F)F)CC3)n2)cn1. The van der Waals surface area contributed by atoms with E-state index in [0.29, 0.717) is 12.4 Å². The Morgan fingerprint density at radius 3 is 2.71 bits per heavy atom. The molecule has 0 saturated carbocycles. The Morgan fingerprint density at radius 2 is 2.00 bits per heavy atom. The lowest BCUT2D eigenvalue weighted by Crippen LogP contribution is -2.34. The van der Waals surface area contributed by atoms with E-state index >= 15 is 0 Å². The van der Waals surface area contributed by atoms with E-state index in [1.807, 2.05) is 19.3 Å². The smallest absolute Gasteiger partial charge is 0.257 e. The molecule has 0 spiro atoms. The molecule has 1 fully saturated rings. The molecule has 8 nitrogen and oxygen atoms in total. The molecule has 1 saturated heterocycles. The topological polar surface area (TPSA) is 77.5 Å². The molecule has 0 atom stereocenters. The van der Waals surface area contributed by atoms with Gasteiger partial charge in [0.05, 0.1) is 18.4 Å². The number of halogens is 2. The fraction of sp³-hybridized carbons (Fsp3) is 0.500. The van der Waals surface area contributed by atoms with Crippen molar-refractivity contribution in [3.8, 4) is 11.3 Å². The minimum Gasteiger partial charge on any atom is -0.296 e. The van der Waals surface area contributed by atoms with Gasteiger partial charge in [-0.2, -0.15) is 10.2 Å². The number of hydrogen-bond donors (Lipinski definition) is 0. The highest BCUT2D eigenvalue weighted by molar-refractivity contribution is 5.56. The van der Waals surface area contributed by atoms with Crippen LogP contribution >= 0.6 is 0 Å². The van der Waals surface area contributed by atoms with Gasteiger partial charge < -0.3 is 0 Å². The van der Waals surface area contributed by atoms with Crippen molar-refractivity contribution in [2.24, 2.45) is 7.05 Å². The van der Waals surface area contributed by atoms with Crippen molar-refractivity contribution in [1.29, 1.82) is 0 Å². The van der Waals surface area contributed by atoms with E-state index < -0.39 is 13.0 Å². The van der Waals surface area contributed by atoms with Gasteiger partial charge in [0, 0.05) is 30.9 Å². The van der Waals surface area contributed by atoms with Crippen LogP contribution in [0, 0.1) is 0 Å². The molecule has 1 aliphatic rings. The standard InChI is InChI=1S/C18H22F2N8/c1-26-9-14(8-23-26)15-2-5-21-18(25-15)13-3-6-27(7-4-13)11-17-22-12-24-28(17)10-16(19)20/h2,5,8-9,12-13,16H,3-4,6-7,10-11H2,1H3. The second-order valence-electron chi connectivity index (χ2n) is 7.00. The van der Waals surface area contributed by atoms with E-state index in [4.69, 9.17) is 4.98 Å². The van der Waals surface area contributed by atoms with Gasteiger partial charge in [-0.1, -0.05) is 0 Å². The van der Waals surface area contributed by atoms with Crippen LogP contribution in [0.3, 0.4) is 0 Å². The van der Waals surface area contributed by atoms with E-state index in [2.05, 4.69) is 25.1 Å². The Hall–Kier alpha value is -2.75. The van der Waals surface area contributed by atoms with Gasteiger partial charge in [0.2, 0.25) is 0 Å². The predicted molar refractivity (Wildman–Crippen MR) is 97.5 cm³/mol. The van der Waals surface area contributed by atoms with E-state index in [9.17, 15) is 8.78 Å². The van der Waals surface area contributed by atoms with Gasteiger partial charge in [0.1, 0.15) is 24.5 Å². The first-order valence-electron chi connectivity index (χ1n) is 9.27. The molecule has 0 unspecified atom stereocenters. The average Bonchev–Trinajstić information content (AvgIpc) is 3.31. The predicted octanol–water partition coefficient (Wildman–Crippen LogP) is 2.11. The third-order valence-corrected chi connectivity index (χ3v) is 5.00. The first kappa shape index (κ1) is 18.6. The molecule has 1 aliphatic heterocycles. The summed E-state index contributed by atoms with van der Waals surface area (Å²) in [5.74, 6) is 1.71. The number of hydrogen-bond acceptors (Lipinski definition) is 6. The second-order valence-corrected chi connectivity index (χ2v) is 7.00. The number of rotatable bonds is 6. The van der Waals surface area contributed by atoms with Crippen LogP contribution < -0.4 is 0 Å². The second kappa shape index (κ2) is 8.09. The number of alkyl halides is 2. The highest BCUT2D eigenvalue weighted by atomic mass is 19.3. The highest BCUT2D eigenvalue weighted by Crippen LogP contribution is 2.27. The quantitative estimate of drug-likeness (QED) is 0.644. The summed E-state index contributed by atoms with van der Waals surface area (Å²) in [4.78, 5) is 15.6. The highest BCUT2D eigenvalue weighted by Gasteiger charge is 2.24. The maximum atomic E-state index is 12.6. The number of piperidine rings is 1. The fourth-order valence-electron chi connectivity index (χ4n) is 3.53. The maximum absolute atomic E-state index is 12.6. The van der Waals surface area contributed by atoms with Crippen LogP contribution in [0.2, 0.25) is 0 Å². The molecule has 0 aliphatic carbocycles. The molecule has 4 heterocycles. The zero-order valence-electron chi connectivity index (χ0n) is 15.6. The number of nitrogens with zero attached hydrogens (tertiary/aromatic N) is 8. The summed E-state index contributed by atoms with van der Waals surface area (Å²) in [6.07, 6.45) is 6.26. The Bertz CT molecular complexity index is 914. The zero-order chi connectivity index (χ0) is 19.5. The molecule has 0 N–H and O–H groups in total. The Labute approximate surface area is 161 Å². The Morgan fingerprint density at radius 1 is 1.18 bits per heavy atom. The summed E-state index contributed by atoms with van der Waals surface area (Å²) in [6.45, 7) is 1.79. The lowest BCUT2D eigenvalue weighted by molar-refractivity contribution is 0.117. The van der Waals surface area contributed by atoms with Crippen LogP contribution in [-0.4, -0.2) is 58.9 Å². The van der Waals surface area contributed by atoms with Gasteiger partial charge in [-0.15, -0.1) is 0 Å². The summed E-state index contributed by atoms with van der Waals surface area (Å²) < 4.78 is 28.3. The maximum Gasteiger partial charge on any atom is 0.257 e. The van der Waals surface area contributed by atoms with Crippen LogP contribution in [0.15, 0.2) is 31.0 Å². The third kappa shape index (κ3) is 4.22. The minimum absolute atomic E-state index is 0.284. The van der Waals surface area contributed by atoms with Gasteiger partial charge in [0.15, 0.2) is 0 Å². The Kier molecular flexibility index (Phi) is 5.38. The van der Waals surface area contributed by atoms with Gasteiger partial charge in [0.25, 0.3) is 6.43 Å². The van der Waals surface area contributed by atoms with Gasteiger partial charge in [-0.05, 0) is 32.0 Å². The zero-order valence-corrected chi connectivity index (χ0v) is 15.6. The summed E-state index contributed by atoms with van der Waals surface area (Å²) >= 11 is 0. The molecule has 0 aromatic carbocycles.